The van der Waals surface area contributed by atoms with Crippen LogP contribution in [0.5, 0.6) is 11.5 Å². The molecule has 0 aliphatic rings. The lowest BCUT2D eigenvalue weighted by Gasteiger charge is -2.18. The zero-order chi connectivity index (χ0) is 18.2. The van der Waals surface area contributed by atoms with Crippen LogP contribution in [0.4, 0.5) is 0 Å². The van der Waals surface area contributed by atoms with Crippen LogP contribution < -0.4 is 5.32 Å². The van der Waals surface area contributed by atoms with Gasteiger partial charge in [0.2, 0.25) is 5.91 Å². The molecule has 0 aliphatic carbocycles. The van der Waals surface area contributed by atoms with E-state index in [1.165, 1.54) is 6.07 Å². The number of hydrogen-bond acceptors (Lipinski definition) is 4. The first-order chi connectivity index (χ1) is 12.1. The monoisotopic (exact) mass is 343 g/mol. The lowest BCUT2D eigenvalue weighted by atomic mass is 9.90. The van der Waals surface area contributed by atoms with E-state index in [0.717, 1.165) is 22.3 Å². The minimum absolute atomic E-state index is 0.0357. The SMILES string of the molecule is CCc1c(O)cc(O)c(-c2ccccc2)c1CCCOCC(=O)NC. The van der Waals surface area contributed by atoms with Gasteiger partial charge in [0.15, 0.2) is 0 Å². The number of carbonyl (C=O) groups excluding carboxylic acids is 1. The first-order valence-electron chi connectivity index (χ1n) is 8.48. The Labute approximate surface area is 148 Å². The van der Waals surface area contributed by atoms with E-state index in [1.807, 2.05) is 37.3 Å². The minimum atomic E-state index is -0.158. The third kappa shape index (κ3) is 4.73. The number of rotatable bonds is 8. The Balaban J connectivity index is 2.23. The fourth-order valence-corrected chi connectivity index (χ4v) is 2.93. The van der Waals surface area contributed by atoms with Crippen molar-refractivity contribution in [1.29, 1.82) is 0 Å². The van der Waals surface area contributed by atoms with Crippen molar-refractivity contribution >= 4 is 5.91 Å². The van der Waals surface area contributed by atoms with Crippen molar-refractivity contribution in [2.75, 3.05) is 20.3 Å². The molecule has 0 heterocycles. The molecule has 5 nitrogen and oxygen atoms in total. The van der Waals surface area contributed by atoms with Crippen molar-refractivity contribution in [2.45, 2.75) is 26.2 Å². The summed E-state index contributed by atoms with van der Waals surface area (Å²) in [5, 5.41) is 23.1. The molecule has 0 bridgehead atoms. The molecule has 25 heavy (non-hydrogen) atoms. The summed E-state index contributed by atoms with van der Waals surface area (Å²) in [4.78, 5) is 11.2. The van der Waals surface area contributed by atoms with Gasteiger partial charge in [0.25, 0.3) is 0 Å². The van der Waals surface area contributed by atoms with Crippen LogP contribution in [0.2, 0.25) is 0 Å². The van der Waals surface area contributed by atoms with Crippen LogP contribution in [-0.4, -0.2) is 36.4 Å². The normalized spacial score (nSPS) is 10.6. The Bertz CT molecular complexity index is 713. The molecule has 0 saturated heterocycles. The fourth-order valence-electron chi connectivity index (χ4n) is 2.93. The highest BCUT2D eigenvalue weighted by molar-refractivity contribution is 5.77. The average molecular weight is 343 g/mol. The van der Waals surface area contributed by atoms with E-state index in [-0.39, 0.29) is 24.0 Å². The zero-order valence-corrected chi connectivity index (χ0v) is 14.7. The Hall–Kier alpha value is -2.53. The number of amides is 1. The summed E-state index contributed by atoms with van der Waals surface area (Å²) < 4.78 is 5.35. The van der Waals surface area contributed by atoms with Crippen LogP contribution in [0, 0.1) is 0 Å². The van der Waals surface area contributed by atoms with Gasteiger partial charge in [0.1, 0.15) is 18.1 Å². The van der Waals surface area contributed by atoms with Crippen LogP contribution in [0.1, 0.15) is 24.5 Å². The third-order valence-corrected chi connectivity index (χ3v) is 4.15. The predicted molar refractivity (Wildman–Crippen MR) is 97.8 cm³/mol. The number of phenolic OH excluding ortho intramolecular Hbond substituents is 2. The Morgan fingerprint density at radius 1 is 1.12 bits per heavy atom. The topological polar surface area (TPSA) is 78.8 Å². The number of hydrogen-bond donors (Lipinski definition) is 3. The highest BCUT2D eigenvalue weighted by Gasteiger charge is 2.17. The van der Waals surface area contributed by atoms with Crippen molar-refractivity contribution in [3.8, 4) is 22.6 Å². The van der Waals surface area contributed by atoms with E-state index in [9.17, 15) is 15.0 Å². The molecule has 2 aromatic rings. The standard InChI is InChI=1S/C20H25NO4/c1-3-15-16(10-7-11-25-13-19(24)21-2)20(18(23)12-17(15)22)14-8-5-4-6-9-14/h4-6,8-9,12,22-23H,3,7,10-11,13H2,1-2H3,(H,21,24). The zero-order valence-electron chi connectivity index (χ0n) is 14.7. The average Bonchev–Trinajstić information content (AvgIpc) is 2.61. The van der Waals surface area contributed by atoms with Gasteiger partial charge in [0, 0.05) is 25.3 Å². The smallest absolute Gasteiger partial charge is 0.245 e. The lowest BCUT2D eigenvalue weighted by Crippen LogP contribution is -2.23. The first kappa shape index (κ1) is 18.8. The molecule has 1 amide bonds. The Morgan fingerprint density at radius 2 is 1.84 bits per heavy atom. The van der Waals surface area contributed by atoms with E-state index in [0.29, 0.717) is 25.9 Å². The molecule has 0 saturated carbocycles. The highest BCUT2D eigenvalue weighted by Crippen LogP contribution is 2.40. The van der Waals surface area contributed by atoms with Crippen LogP contribution in [0.25, 0.3) is 11.1 Å². The maximum absolute atomic E-state index is 11.2. The number of nitrogens with one attached hydrogen (secondary N) is 1. The molecule has 2 rings (SSSR count). The first-order valence-corrected chi connectivity index (χ1v) is 8.48. The summed E-state index contributed by atoms with van der Waals surface area (Å²) in [6.45, 7) is 2.45. The van der Waals surface area contributed by atoms with Crippen molar-refractivity contribution in [3.63, 3.8) is 0 Å². The van der Waals surface area contributed by atoms with Crippen LogP contribution in [-0.2, 0) is 22.4 Å². The number of likely N-dealkylation sites (N-methyl/N-ethyl adjacent to an activating group) is 1. The molecule has 0 aromatic heterocycles. The minimum Gasteiger partial charge on any atom is -0.508 e. The van der Waals surface area contributed by atoms with Gasteiger partial charge in [-0.3, -0.25) is 4.79 Å². The van der Waals surface area contributed by atoms with Crippen LogP contribution in [0.15, 0.2) is 36.4 Å². The van der Waals surface area contributed by atoms with Crippen molar-refractivity contribution in [3.05, 3.63) is 47.5 Å². The Morgan fingerprint density at radius 3 is 2.48 bits per heavy atom. The van der Waals surface area contributed by atoms with Gasteiger partial charge in [-0.15, -0.1) is 0 Å². The molecule has 5 heteroatoms. The maximum atomic E-state index is 11.2. The fraction of sp³-hybridized carbons (Fsp3) is 0.350. The number of benzene rings is 2. The van der Waals surface area contributed by atoms with Gasteiger partial charge in [-0.05, 0) is 36.0 Å². The summed E-state index contributed by atoms with van der Waals surface area (Å²) in [5.41, 5.74) is 3.43. The molecular weight excluding hydrogens is 318 g/mol. The number of carbonyl (C=O) groups is 1. The summed E-state index contributed by atoms with van der Waals surface area (Å²) in [6.07, 6.45) is 2.00. The van der Waals surface area contributed by atoms with E-state index in [2.05, 4.69) is 5.32 Å². The van der Waals surface area contributed by atoms with Crippen LogP contribution >= 0.6 is 0 Å². The molecule has 0 aliphatic heterocycles. The quantitative estimate of drug-likeness (QED) is 0.644. The van der Waals surface area contributed by atoms with Gasteiger partial charge in [-0.1, -0.05) is 37.3 Å². The number of phenols is 2. The van der Waals surface area contributed by atoms with Gasteiger partial charge in [-0.25, -0.2) is 0 Å². The van der Waals surface area contributed by atoms with E-state index in [4.69, 9.17) is 4.74 Å². The van der Waals surface area contributed by atoms with E-state index >= 15 is 0 Å². The second-order valence-corrected chi connectivity index (χ2v) is 5.80. The molecule has 2 aromatic carbocycles. The molecule has 0 atom stereocenters. The maximum Gasteiger partial charge on any atom is 0.245 e. The van der Waals surface area contributed by atoms with E-state index < -0.39 is 0 Å². The molecule has 0 spiro atoms. The summed E-state index contributed by atoms with van der Waals surface area (Å²) in [6, 6.07) is 11.1. The van der Waals surface area contributed by atoms with Crippen molar-refractivity contribution in [2.24, 2.45) is 0 Å². The van der Waals surface area contributed by atoms with Gasteiger partial charge in [0.05, 0.1) is 0 Å². The van der Waals surface area contributed by atoms with Gasteiger partial charge < -0.3 is 20.3 Å². The summed E-state index contributed by atoms with van der Waals surface area (Å²) in [5.74, 6) is 0.0253. The highest BCUT2D eigenvalue weighted by atomic mass is 16.5. The number of ether oxygens (including phenoxy) is 1. The summed E-state index contributed by atoms with van der Waals surface area (Å²) >= 11 is 0. The van der Waals surface area contributed by atoms with Gasteiger partial charge >= 0.3 is 0 Å². The van der Waals surface area contributed by atoms with Crippen molar-refractivity contribution < 1.29 is 19.7 Å². The lowest BCUT2D eigenvalue weighted by molar-refractivity contribution is -0.125. The Kier molecular flexibility index (Phi) is 6.83. The van der Waals surface area contributed by atoms with E-state index in [1.54, 1.807) is 7.05 Å². The second-order valence-electron chi connectivity index (χ2n) is 5.80. The molecule has 134 valence electrons. The molecule has 0 fully saturated rings. The van der Waals surface area contributed by atoms with Crippen molar-refractivity contribution in [1.82, 2.24) is 5.32 Å². The molecular formula is C20H25NO4. The number of aromatic hydroxyl groups is 2. The molecule has 0 unspecified atom stereocenters. The largest absolute Gasteiger partial charge is 0.508 e. The molecule has 3 N–H and O–H groups in total. The second kappa shape index (κ2) is 9.08. The van der Waals surface area contributed by atoms with Gasteiger partial charge in [-0.2, -0.15) is 0 Å². The molecule has 0 radical (unpaired) electrons. The summed E-state index contributed by atoms with van der Waals surface area (Å²) in [7, 11) is 1.57. The third-order valence-electron chi connectivity index (χ3n) is 4.15. The van der Waals surface area contributed by atoms with Crippen LogP contribution in [0.3, 0.4) is 0 Å². The predicted octanol–water partition coefficient (Wildman–Crippen LogP) is 3.02.